The minimum absolute atomic E-state index is 0.211. The van der Waals surface area contributed by atoms with Gasteiger partial charge >= 0.3 is 0 Å². The Bertz CT molecular complexity index is 550. The number of hydrogen-bond donors (Lipinski definition) is 3. The number of benzene rings is 1. The Morgan fingerprint density at radius 3 is 2.45 bits per heavy atom. The van der Waals surface area contributed by atoms with Gasteiger partial charge < -0.3 is 21.5 Å². The van der Waals surface area contributed by atoms with Gasteiger partial charge in [-0.15, -0.1) is 0 Å². The van der Waals surface area contributed by atoms with Crippen LogP contribution in [0.25, 0.3) is 0 Å². The molecule has 6 heteroatoms. The first kappa shape index (κ1) is 13.5. The Labute approximate surface area is 122 Å². The van der Waals surface area contributed by atoms with E-state index in [-0.39, 0.29) is 18.2 Å². The lowest BCUT2D eigenvalue weighted by Crippen LogP contribution is -2.45. The maximum Gasteiger partial charge on any atom is 0.250 e. The van der Waals surface area contributed by atoms with E-state index < -0.39 is 5.91 Å². The van der Waals surface area contributed by atoms with Gasteiger partial charge in [0.1, 0.15) is 0 Å². The summed E-state index contributed by atoms with van der Waals surface area (Å²) in [4.78, 5) is 13.9. The molecule has 2 aliphatic rings. The van der Waals surface area contributed by atoms with Gasteiger partial charge in [-0.05, 0) is 37.8 Å². The number of anilines is 2. The van der Waals surface area contributed by atoms with E-state index in [0.717, 1.165) is 12.8 Å². The van der Waals surface area contributed by atoms with Gasteiger partial charge in [0.2, 0.25) is 0 Å². The third-order valence-corrected chi connectivity index (χ3v) is 4.61. The van der Waals surface area contributed by atoms with E-state index in [4.69, 9.17) is 23.1 Å². The monoisotopic (exact) mass is 295 g/mol. The van der Waals surface area contributed by atoms with E-state index in [2.05, 4.69) is 4.90 Å². The zero-order valence-electron chi connectivity index (χ0n) is 11.1. The lowest BCUT2D eigenvalue weighted by atomic mass is 9.97. The van der Waals surface area contributed by atoms with Gasteiger partial charge in [0.15, 0.2) is 0 Å². The number of nitrogens with zero attached hydrogens (tertiary/aromatic N) is 1. The number of nitrogen functional groups attached to an aromatic ring is 1. The first-order chi connectivity index (χ1) is 9.47. The molecule has 20 heavy (non-hydrogen) atoms. The fourth-order valence-corrected chi connectivity index (χ4v) is 3.91. The standard InChI is InChI=1S/C14H18ClN3O2/c15-12-4-7(16)3-11(14(17)20)13(12)18-8-1-2-9(18)6-10(19)5-8/h3-4,8-10,19H,1-2,5-6,16H2,(H2,17,20). The van der Waals surface area contributed by atoms with Crippen LogP contribution in [0.4, 0.5) is 11.4 Å². The van der Waals surface area contributed by atoms with Gasteiger partial charge in [-0.3, -0.25) is 4.79 Å². The van der Waals surface area contributed by atoms with Gasteiger partial charge in [-0.1, -0.05) is 11.6 Å². The Morgan fingerprint density at radius 2 is 1.90 bits per heavy atom. The fourth-order valence-electron chi connectivity index (χ4n) is 3.58. The zero-order chi connectivity index (χ0) is 14.4. The largest absolute Gasteiger partial charge is 0.399 e. The second-order valence-corrected chi connectivity index (χ2v) is 6.09. The summed E-state index contributed by atoms with van der Waals surface area (Å²) in [5.74, 6) is -0.528. The van der Waals surface area contributed by atoms with Gasteiger partial charge in [0.05, 0.1) is 22.4 Å². The molecule has 2 aliphatic heterocycles. The molecule has 2 unspecified atom stereocenters. The highest BCUT2D eigenvalue weighted by Crippen LogP contribution is 2.44. The minimum Gasteiger partial charge on any atom is -0.399 e. The molecule has 2 saturated heterocycles. The van der Waals surface area contributed by atoms with Crippen molar-refractivity contribution in [3.05, 3.63) is 22.7 Å². The second kappa shape index (κ2) is 4.82. The van der Waals surface area contributed by atoms with Gasteiger partial charge in [0, 0.05) is 17.8 Å². The third kappa shape index (κ3) is 2.11. The highest BCUT2D eigenvalue weighted by molar-refractivity contribution is 6.34. The molecule has 0 spiro atoms. The summed E-state index contributed by atoms with van der Waals surface area (Å²) in [7, 11) is 0. The number of piperidine rings is 1. The molecule has 0 radical (unpaired) electrons. The minimum atomic E-state index is -0.528. The van der Waals surface area contributed by atoms with Crippen molar-refractivity contribution >= 4 is 28.9 Å². The number of aliphatic hydroxyl groups excluding tert-OH is 1. The molecule has 5 nitrogen and oxygen atoms in total. The van der Waals surface area contributed by atoms with Crippen LogP contribution in [0.15, 0.2) is 12.1 Å². The quantitative estimate of drug-likeness (QED) is 0.721. The summed E-state index contributed by atoms with van der Waals surface area (Å²) in [5.41, 5.74) is 12.7. The van der Waals surface area contributed by atoms with Crippen molar-refractivity contribution in [2.75, 3.05) is 10.6 Å². The average Bonchev–Trinajstić information content (AvgIpc) is 2.61. The second-order valence-electron chi connectivity index (χ2n) is 5.68. The Balaban J connectivity index is 2.09. The normalized spacial score (nSPS) is 28.7. The lowest BCUT2D eigenvalue weighted by molar-refractivity contribution is 0.1000. The van der Waals surface area contributed by atoms with Crippen LogP contribution in [0.5, 0.6) is 0 Å². The Kier molecular flexibility index (Phi) is 3.26. The number of primary amides is 1. The van der Waals surface area contributed by atoms with E-state index in [1.807, 2.05) is 0 Å². The maximum atomic E-state index is 11.7. The molecule has 108 valence electrons. The highest BCUT2D eigenvalue weighted by Gasteiger charge is 2.42. The summed E-state index contributed by atoms with van der Waals surface area (Å²) < 4.78 is 0. The number of carbonyl (C=O) groups is 1. The molecular weight excluding hydrogens is 278 g/mol. The van der Waals surface area contributed by atoms with Crippen LogP contribution in [-0.4, -0.2) is 29.2 Å². The topological polar surface area (TPSA) is 92.6 Å². The van der Waals surface area contributed by atoms with Crippen LogP contribution in [-0.2, 0) is 0 Å². The number of nitrogens with two attached hydrogens (primary N) is 2. The van der Waals surface area contributed by atoms with Gasteiger partial charge in [-0.2, -0.15) is 0 Å². The Morgan fingerprint density at radius 1 is 1.30 bits per heavy atom. The van der Waals surface area contributed by atoms with E-state index in [0.29, 0.717) is 34.8 Å². The molecule has 2 heterocycles. The molecule has 0 aliphatic carbocycles. The van der Waals surface area contributed by atoms with E-state index in [9.17, 15) is 9.90 Å². The lowest BCUT2D eigenvalue weighted by Gasteiger charge is -2.40. The van der Waals surface area contributed by atoms with Crippen molar-refractivity contribution < 1.29 is 9.90 Å². The molecule has 2 bridgehead atoms. The number of carbonyl (C=O) groups excluding carboxylic acids is 1. The SMILES string of the molecule is NC(=O)c1cc(N)cc(Cl)c1N1C2CCC1CC(O)C2. The molecule has 3 rings (SSSR count). The third-order valence-electron chi connectivity index (χ3n) is 4.32. The summed E-state index contributed by atoms with van der Waals surface area (Å²) in [6, 6.07) is 3.65. The Hall–Kier alpha value is -1.46. The van der Waals surface area contributed by atoms with Crippen molar-refractivity contribution in [1.29, 1.82) is 0 Å². The first-order valence-corrected chi connectivity index (χ1v) is 7.20. The van der Waals surface area contributed by atoms with Crippen molar-refractivity contribution in [3.8, 4) is 0 Å². The summed E-state index contributed by atoms with van der Waals surface area (Å²) in [6.45, 7) is 0. The summed E-state index contributed by atoms with van der Waals surface area (Å²) in [6.07, 6.45) is 3.14. The van der Waals surface area contributed by atoms with Crippen LogP contribution in [0, 0.1) is 0 Å². The molecule has 5 N–H and O–H groups in total. The van der Waals surface area contributed by atoms with Crippen LogP contribution >= 0.6 is 11.6 Å². The molecule has 1 aromatic rings. The molecule has 2 atom stereocenters. The number of hydrogen-bond acceptors (Lipinski definition) is 4. The predicted molar refractivity (Wildman–Crippen MR) is 78.9 cm³/mol. The molecular formula is C14H18ClN3O2. The zero-order valence-corrected chi connectivity index (χ0v) is 11.8. The molecule has 0 aromatic heterocycles. The van der Waals surface area contributed by atoms with Crippen LogP contribution < -0.4 is 16.4 Å². The van der Waals surface area contributed by atoms with Gasteiger partial charge in [-0.25, -0.2) is 0 Å². The highest BCUT2D eigenvalue weighted by atomic mass is 35.5. The van der Waals surface area contributed by atoms with Crippen molar-refractivity contribution in [2.24, 2.45) is 5.73 Å². The van der Waals surface area contributed by atoms with Gasteiger partial charge in [0.25, 0.3) is 5.91 Å². The molecule has 1 amide bonds. The van der Waals surface area contributed by atoms with Crippen molar-refractivity contribution in [1.82, 2.24) is 0 Å². The smallest absolute Gasteiger partial charge is 0.250 e. The van der Waals surface area contributed by atoms with E-state index in [1.54, 1.807) is 12.1 Å². The van der Waals surface area contributed by atoms with Crippen LogP contribution in [0.1, 0.15) is 36.0 Å². The average molecular weight is 296 g/mol. The number of amides is 1. The number of halogens is 1. The fraction of sp³-hybridized carbons (Fsp3) is 0.500. The van der Waals surface area contributed by atoms with Crippen molar-refractivity contribution in [3.63, 3.8) is 0 Å². The number of rotatable bonds is 2. The van der Waals surface area contributed by atoms with Crippen LogP contribution in [0.2, 0.25) is 5.02 Å². The van der Waals surface area contributed by atoms with E-state index >= 15 is 0 Å². The molecule has 0 saturated carbocycles. The molecule has 1 aromatic carbocycles. The number of fused-ring (bicyclic) bond motifs is 2. The summed E-state index contributed by atoms with van der Waals surface area (Å²) in [5, 5.41) is 10.3. The van der Waals surface area contributed by atoms with E-state index in [1.165, 1.54) is 0 Å². The maximum absolute atomic E-state index is 11.7. The number of aliphatic hydroxyl groups is 1. The summed E-state index contributed by atoms with van der Waals surface area (Å²) >= 11 is 6.31. The van der Waals surface area contributed by atoms with Crippen LogP contribution in [0.3, 0.4) is 0 Å². The molecule has 2 fully saturated rings. The predicted octanol–water partition coefficient (Wildman–Crippen LogP) is 1.51. The van der Waals surface area contributed by atoms with Crippen molar-refractivity contribution in [2.45, 2.75) is 43.9 Å². The first-order valence-electron chi connectivity index (χ1n) is 6.82.